The van der Waals surface area contributed by atoms with Crippen LogP contribution in [0.4, 0.5) is 0 Å². The molecule has 0 bridgehead atoms. The predicted octanol–water partition coefficient (Wildman–Crippen LogP) is 3.17. The second-order valence-electron chi connectivity index (χ2n) is 5.85. The maximum absolute atomic E-state index is 4.62. The van der Waals surface area contributed by atoms with Gasteiger partial charge in [-0.25, -0.2) is 0 Å². The normalized spacial score (nSPS) is 19.2. The fourth-order valence-corrected chi connectivity index (χ4v) is 3.09. The fraction of sp³-hybridized carbons (Fsp3) is 0.471. The molecule has 0 saturated carbocycles. The van der Waals surface area contributed by atoms with Gasteiger partial charge in [0.15, 0.2) is 0 Å². The molecule has 3 rings (SSSR count). The zero-order valence-electron chi connectivity index (χ0n) is 12.4. The van der Waals surface area contributed by atoms with E-state index in [1.807, 2.05) is 6.20 Å². The lowest BCUT2D eigenvalue weighted by atomic mass is 9.99. The molecular weight excluding hydrogens is 246 g/mol. The van der Waals surface area contributed by atoms with E-state index >= 15 is 0 Å². The van der Waals surface area contributed by atoms with Crippen LogP contribution < -0.4 is 5.32 Å². The van der Waals surface area contributed by atoms with Gasteiger partial charge in [-0.05, 0) is 56.8 Å². The van der Waals surface area contributed by atoms with Crippen molar-refractivity contribution < 1.29 is 0 Å². The summed E-state index contributed by atoms with van der Waals surface area (Å²) in [5.74, 6) is 0.715. The van der Waals surface area contributed by atoms with Gasteiger partial charge in [-0.2, -0.15) is 5.10 Å². The molecule has 1 saturated heterocycles. The van der Waals surface area contributed by atoms with Crippen molar-refractivity contribution in [1.82, 2.24) is 15.1 Å². The van der Waals surface area contributed by atoms with Crippen LogP contribution in [0.5, 0.6) is 0 Å². The van der Waals surface area contributed by atoms with Crippen LogP contribution in [0.3, 0.4) is 0 Å². The molecular formula is C17H23N3. The summed E-state index contributed by atoms with van der Waals surface area (Å²) in [6, 6.07) is 8.54. The second kappa shape index (κ2) is 5.80. The van der Waals surface area contributed by atoms with Gasteiger partial charge in [0.05, 0.1) is 6.20 Å². The second-order valence-corrected chi connectivity index (χ2v) is 5.85. The molecule has 1 aromatic heterocycles. The van der Waals surface area contributed by atoms with Gasteiger partial charge in [-0.1, -0.05) is 24.3 Å². The molecule has 0 spiro atoms. The highest BCUT2D eigenvalue weighted by atomic mass is 15.3. The molecule has 3 nitrogen and oxygen atoms in total. The van der Waals surface area contributed by atoms with E-state index in [4.69, 9.17) is 0 Å². The smallest absolute Gasteiger partial charge is 0.0571 e. The number of nitrogens with zero attached hydrogens (tertiary/aromatic N) is 2. The molecule has 2 aromatic rings. The lowest BCUT2D eigenvalue weighted by molar-refractivity contribution is 0.323. The first-order valence-corrected chi connectivity index (χ1v) is 7.55. The van der Waals surface area contributed by atoms with Crippen LogP contribution in [-0.2, 0) is 6.54 Å². The fourth-order valence-electron chi connectivity index (χ4n) is 3.09. The van der Waals surface area contributed by atoms with E-state index in [2.05, 4.69) is 53.2 Å². The van der Waals surface area contributed by atoms with Gasteiger partial charge in [0.25, 0.3) is 0 Å². The summed E-state index contributed by atoms with van der Waals surface area (Å²) in [7, 11) is 0. The van der Waals surface area contributed by atoms with Gasteiger partial charge in [0.2, 0.25) is 0 Å². The zero-order valence-corrected chi connectivity index (χ0v) is 12.4. The van der Waals surface area contributed by atoms with E-state index in [0.717, 1.165) is 13.1 Å². The number of nitrogens with one attached hydrogen (secondary N) is 1. The molecule has 1 aromatic carbocycles. The Labute approximate surface area is 121 Å². The van der Waals surface area contributed by atoms with Gasteiger partial charge in [0, 0.05) is 17.8 Å². The Bertz CT molecular complexity index is 580. The Morgan fingerprint density at radius 1 is 1.25 bits per heavy atom. The van der Waals surface area contributed by atoms with Crippen molar-refractivity contribution in [2.24, 2.45) is 5.92 Å². The van der Waals surface area contributed by atoms with Gasteiger partial charge in [-0.3, -0.25) is 4.68 Å². The highest BCUT2D eigenvalue weighted by Crippen LogP contribution is 2.26. The SMILES string of the molecule is Cc1ccccc1-c1cnn(CC2CCCNC2)c1C. The summed E-state index contributed by atoms with van der Waals surface area (Å²) in [4.78, 5) is 0. The van der Waals surface area contributed by atoms with Crippen LogP contribution in [0.15, 0.2) is 30.5 Å². The minimum atomic E-state index is 0.715. The zero-order chi connectivity index (χ0) is 13.9. The third-order valence-corrected chi connectivity index (χ3v) is 4.37. The summed E-state index contributed by atoms with van der Waals surface area (Å²) in [5.41, 5.74) is 5.17. The molecule has 0 radical (unpaired) electrons. The number of rotatable bonds is 3. The van der Waals surface area contributed by atoms with E-state index in [9.17, 15) is 0 Å². The van der Waals surface area contributed by atoms with Crippen molar-refractivity contribution in [2.45, 2.75) is 33.2 Å². The molecule has 1 aliphatic heterocycles. The van der Waals surface area contributed by atoms with Crippen molar-refractivity contribution >= 4 is 0 Å². The van der Waals surface area contributed by atoms with E-state index in [1.54, 1.807) is 0 Å². The maximum atomic E-state index is 4.62. The van der Waals surface area contributed by atoms with E-state index in [1.165, 1.54) is 41.8 Å². The van der Waals surface area contributed by atoms with Crippen LogP contribution in [0.25, 0.3) is 11.1 Å². The molecule has 106 valence electrons. The molecule has 1 N–H and O–H groups in total. The average Bonchev–Trinajstić information content (AvgIpc) is 2.82. The molecule has 3 heteroatoms. The number of hydrogen-bond donors (Lipinski definition) is 1. The third-order valence-electron chi connectivity index (χ3n) is 4.37. The molecule has 1 aliphatic rings. The van der Waals surface area contributed by atoms with Crippen molar-refractivity contribution in [2.75, 3.05) is 13.1 Å². The summed E-state index contributed by atoms with van der Waals surface area (Å²) in [5, 5.41) is 8.10. The van der Waals surface area contributed by atoms with Crippen LogP contribution in [-0.4, -0.2) is 22.9 Å². The van der Waals surface area contributed by atoms with Crippen molar-refractivity contribution in [3.8, 4) is 11.1 Å². The van der Waals surface area contributed by atoms with Gasteiger partial charge < -0.3 is 5.32 Å². The van der Waals surface area contributed by atoms with Crippen molar-refractivity contribution in [1.29, 1.82) is 0 Å². The van der Waals surface area contributed by atoms with Crippen molar-refractivity contribution in [3.05, 3.63) is 41.7 Å². The summed E-state index contributed by atoms with van der Waals surface area (Å²) < 4.78 is 2.18. The van der Waals surface area contributed by atoms with Crippen LogP contribution in [0.2, 0.25) is 0 Å². The summed E-state index contributed by atoms with van der Waals surface area (Å²) >= 11 is 0. The number of piperidine rings is 1. The van der Waals surface area contributed by atoms with Crippen LogP contribution >= 0.6 is 0 Å². The topological polar surface area (TPSA) is 29.9 Å². The van der Waals surface area contributed by atoms with Gasteiger partial charge >= 0.3 is 0 Å². The molecule has 0 amide bonds. The Balaban J connectivity index is 1.83. The van der Waals surface area contributed by atoms with E-state index < -0.39 is 0 Å². The molecule has 1 unspecified atom stereocenters. The first-order valence-electron chi connectivity index (χ1n) is 7.55. The summed E-state index contributed by atoms with van der Waals surface area (Å²) in [6.45, 7) is 7.68. The lowest BCUT2D eigenvalue weighted by Gasteiger charge is -2.23. The number of aryl methyl sites for hydroxylation is 1. The maximum Gasteiger partial charge on any atom is 0.0571 e. The Kier molecular flexibility index (Phi) is 3.88. The van der Waals surface area contributed by atoms with Gasteiger partial charge in [0.1, 0.15) is 0 Å². The number of aromatic nitrogens is 2. The number of hydrogen-bond acceptors (Lipinski definition) is 2. The Morgan fingerprint density at radius 3 is 2.85 bits per heavy atom. The molecule has 20 heavy (non-hydrogen) atoms. The minimum Gasteiger partial charge on any atom is -0.316 e. The van der Waals surface area contributed by atoms with E-state index in [0.29, 0.717) is 5.92 Å². The van der Waals surface area contributed by atoms with Crippen LogP contribution in [0, 0.1) is 19.8 Å². The molecule has 0 aliphatic carbocycles. The molecule has 2 heterocycles. The average molecular weight is 269 g/mol. The van der Waals surface area contributed by atoms with E-state index in [-0.39, 0.29) is 0 Å². The predicted molar refractivity (Wildman–Crippen MR) is 82.7 cm³/mol. The largest absolute Gasteiger partial charge is 0.316 e. The summed E-state index contributed by atoms with van der Waals surface area (Å²) in [6.07, 6.45) is 4.62. The lowest BCUT2D eigenvalue weighted by Crippen LogP contribution is -2.32. The molecule has 1 fully saturated rings. The number of benzene rings is 1. The minimum absolute atomic E-state index is 0.715. The quantitative estimate of drug-likeness (QED) is 0.927. The first-order chi connectivity index (χ1) is 9.75. The van der Waals surface area contributed by atoms with Gasteiger partial charge in [-0.15, -0.1) is 0 Å². The van der Waals surface area contributed by atoms with Crippen molar-refractivity contribution in [3.63, 3.8) is 0 Å². The highest BCUT2D eigenvalue weighted by Gasteiger charge is 2.16. The molecule has 1 atom stereocenters. The standard InChI is InChI=1S/C17H23N3/c1-13-6-3-4-8-16(13)17-11-19-20(14(17)2)12-15-7-5-9-18-10-15/h3-4,6,8,11,15,18H,5,7,9-10,12H2,1-2H3. The monoisotopic (exact) mass is 269 g/mol. The van der Waals surface area contributed by atoms with Crippen LogP contribution in [0.1, 0.15) is 24.1 Å². The Hall–Kier alpha value is -1.61. The highest BCUT2D eigenvalue weighted by molar-refractivity contribution is 5.68. The first kappa shape index (κ1) is 13.4. The third kappa shape index (κ3) is 2.63. The Morgan fingerprint density at radius 2 is 2.10 bits per heavy atom.